The SMILES string of the molecule is CSCCCCNC(C)c1ccccc1C. The van der Waals surface area contributed by atoms with Crippen molar-refractivity contribution in [3.05, 3.63) is 35.4 Å². The van der Waals surface area contributed by atoms with E-state index in [1.165, 1.54) is 29.7 Å². The first-order valence-electron chi connectivity index (χ1n) is 6.03. The van der Waals surface area contributed by atoms with Gasteiger partial charge in [-0.25, -0.2) is 0 Å². The molecule has 0 fully saturated rings. The van der Waals surface area contributed by atoms with E-state index in [2.05, 4.69) is 49.7 Å². The van der Waals surface area contributed by atoms with Gasteiger partial charge in [0, 0.05) is 6.04 Å². The zero-order valence-electron chi connectivity index (χ0n) is 10.6. The Kier molecular flexibility index (Phi) is 6.58. The third kappa shape index (κ3) is 4.58. The van der Waals surface area contributed by atoms with Crippen molar-refractivity contribution in [2.24, 2.45) is 0 Å². The van der Waals surface area contributed by atoms with Crippen molar-refractivity contribution in [1.29, 1.82) is 0 Å². The second kappa shape index (κ2) is 7.75. The number of benzene rings is 1. The van der Waals surface area contributed by atoms with Gasteiger partial charge in [0.15, 0.2) is 0 Å². The van der Waals surface area contributed by atoms with Crippen molar-refractivity contribution in [3.8, 4) is 0 Å². The zero-order chi connectivity index (χ0) is 11.8. The smallest absolute Gasteiger partial charge is 0.0294 e. The summed E-state index contributed by atoms with van der Waals surface area (Å²) >= 11 is 1.93. The average molecular weight is 237 g/mol. The van der Waals surface area contributed by atoms with Gasteiger partial charge in [0.25, 0.3) is 0 Å². The molecule has 0 heterocycles. The van der Waals surface area contributed by atoms with Crippen LogP contribution in [-0.4, -0.2) is 18.6 Å². The zero-order valence-corrected chi connectivity index (χ0v) is 11.4. The summed E-state index contributed by atoms with van der Waals surface area (Å²) in [4.78, 5) is 0. The Balaban J connectivity index is 2.30. The maximum absolute atomic E-state index is 3.59. The van der Waals surface area contributed by atoms with Gasteiger partial charge in [-0.1, -0.05) is 24.3 Å². The van der Waals surface area contributed by atoms with Gasteiger partial charge < -0.3 is 5.32 Å². The van der Waals surface area contributed by atoms with E-state index in [9.17, 15) is 0 Å². The Morgan fingerprint density at radius 3 is 2.69 bits per heavy atom. The van der Waals surface area contributed by atoms with Crippen LogP contribution >= 0.6 is 11.8 Å². The van der Waals surface area contributed by atoms with Crippen LogP contribution in [0, 0.1) is 6.92 Å². The molecule has 1 N–H and O–H groups in total. The molecule has 0 saturated heterocycles. The van der Waals surface area contributed by atoms with Gasteiger partial charge in [0.2, 0.25) is 0 Å². The number of nitrogens with one attached hydrogen (secondary N) is 1. The lowest BCUT2D eigenvalue weighted by Crippen LogP contribution is -2.20. The van der Waals surface area contributed by atoms with E-state index in [1.807, 2.05) is 11.8 Å². The molecule has 0 amide bonds. The second-order valence-corrected chi connectivity index (χ2v) is 5.22. The van der Waals surface area contributed by atoms with E-state index in [0.717, 1.165) is 6.54 Å². The van der Waals surface area contributed by atoms with Crippen molar-refractivity contribution >= 4 is 11.8 Å². The van der Waals surface area contributed by atoms with Crippen molar-refractivity contribution in [2.45, 2.75) is 32.7 Å². The van der Waals surface area contributed by atoms with Crippen LogP contribution in [0.3, 0.4) is 0 Å². The molecule has 0 aliphatic carbocycles. The Bertz CT molecular complexity index is 299. The van der Waals surface area contributed by atoms with E-state index < -0.39 is 0 Å². The summed E-state index contributed by atoms with van der Waals surface area (Å²) < 4.78 is 0. The van der Waals surface area contributed by atoms with E-state index in [1.54, 1.807) is 0 Å². The minimum absolute atomic E-state index is 0.468. The molecule has 0 aromatic heterocycles. The summed E-state index contributed by atoms with van der Waals surface area (Å²) in [6.45, 7) is 5.55. The number of rotatable bonds is 7. The Morgan fingerprint density at radius 1 is 1.25 bits per heavy atom. The van der Waals surface area contributed by atoms with Crippen LogP contribution in [0.1, 0.15) is 36.9 Å². The monoisotopic (exact) mass is 237 g/mol. The van der Waals surface area contributed by atoms with E-state index in [-0.39, 0.29) is 0 Å². The summed E-state index contributed by atoms with van der Waals surface area (Å²) in [7, 11) is 0. The largest absolute Gasteiger partial charge is 0.310 e. The molecule has 1 unspecified atom stereocenters. The summed E-state index contributed by atoms with van der Waals surface area (Å²) in [6, 6.07) is 9.09. The standard InChI is InChI=1S/C14H23NS/c1-12-8-4-5-9-14(12)13(2)15-10-6-7-11-16-3/h4-5,8-9,13,15H,6-7,10-11H2,1-3H3. The van der Waals surface area contributed by atoms with Crippen molar-refractivity contribution < 1.29 is 0 Å². The predicted octanol–water partition coefficient (Wildman–Crippen LogP) is 3.79. The van der Waals surface area contributed by atoms with Gasteiger partial charge in [0.1, 0.15) is 0 Å². The van der Waals surface area contributed by atoms with Crippen molar-refractivity contribution in [3.63, 3.8) is 0 Å². The molecule has 0 radical (unpaired) electrons. The maximum Gasteiger partial charge on any atom is 0.0294 e. The molecule has 1 atom stereocenters. The molecule has 1 aromatic carbocycles. The van der Waals surface area contributed by atoms with Gasteiger partial charge in [-0.2, -0.15) is 11.8 Å². The van der Waals surface area contributed by atoms with E-state index >= 15 is 0 Å². The van der Waals surface area contributed by atoms with Crippen LogP contribution in [0.15, 0.2) is 24.3 Å². The van der Waals surface area contributed by atoms with E-state index in [4.69, 9.17) is 0 Å². The number of unbranched alkanes of at least 4 members (excludes halogenated alkanes) is 1. The van der Waals surface area contributed by atoms with Crippen LogP contribution in [0.5, 0.6) is 0 Å². The topological polar surface area (TPSA) is 12.0 Å². The first-order chi connectivity index (χ1) is 7.75. The maximum atomic E-state index is 3.59. The lowest BCUT2D eigenvalue weighted by atomic mass is 10.0. The van der Waals surface area contributed by atoms with Crippen molar-refractivity contribution in [2.75, 3.05) is 18.6 Å². The molecular formula is C14H23NS. The van der Waals surface area contributed by atoms with E-state index in [0.29, 0.717) is 6.04 Å². The van der Waals surface area contributed by atoms with Crippen LogP contribution < -0.4 is 5.32 Å². The third-order valence-electron chi connectivity index (χ3n) is 2.88. The molecule has 0 bridgehead atoms. The highest BCUT2D eigenvalue weighted by Gasteiger charge is 2.05. The van der Waals surface area contributed by atoms with Gasteiger partial charge in [-0.05, 0) is 56.4 Å². The number of thioether (sulfide) groups is 1. The lowest BCUT2D eigenvalue weighted by molar-refractivity contribution is 0.554. The van der Waals surface area contributed by atoms with Gasteiger partial charge >= 0.3 is 0 Å². The fraction of sp³-hybridized carbons (Fsp3) is 0.571. The Morgan fingerprint density at radius 2 is 2.00 bits per heavy atom. The highest BCUT2D eigenvalue weighted by Crippen LogP contribution is 2.16. The third-order valence-corrected chi connectivity index (χ3v) is 3.58. The fourth-order valence-electron chi connectivity index (χ4n) is 1.87. The Hall–Kier alpha value is -0.470. The first-order valence-corrected chi connectivity index (χ1v) is 7.43. The summed E-state index contributed by atoms with van der Waals surface area (Å²) in [5.41, 5.74) is 2.80. The van der Waals surface area contributed by atoms with Crippen LogP contribution in [0.2, 0.25) is 0 Å². The van der Waals surface area contributed by atoms with Gasteiger partial charge in [-0.3, -0.25) is 0 Å². The average Bonchev–Trinajstić information content (AvgIpc) is 2.29. The van der Waals surface area contributed by atoms with Crippen LogP contribution in [0.4, 0.5) is 0 Å². The normalized spacial score (nSPS) is 12.7. The molecule has 0 aliphatic rings. The highest BCUT2D eigenvalue weighted by atomic mass is 32.2. The molecule has 1 aromatic rings. The lowest BCUT2D eigenvalue weighted by Gasteiger charge is -2.16. The molecule has 0 aliphatic heterocycles. The summed E-state index contributed by atoms with van der Waals surface area (Å²) in [5.74, 6) is 1.28. The van der Waals surface area contributed by atoms with Crippen LogP contribution in [0.25, 0.3) is 0 Å². The summed E-state index contributed by atoms with van der Waals surface area (Å²) in [6.07, 6.45) is 4.76. The molecule has 0 saturated carbocycles. The van der Waals surface area contributed by atoms with Crippen LogP contribution in [-0.2, 0) is 0 Å². The van der Waals surface area contributed by atoms with Crippen molar-refractivity contribution in [1.82, 2.24) is 5.32 Å². The first kappa shape index (κ1) is 13.6. The number of hydrogen-bond donors (Lipinski definition) is 1. The molecular weight excluding hydrogens is 214 g/mol. The highest BCUT2D eigenvalue weighted by molar-refractivity contribution is 7.98. The number of aryl methyl sites for hydroxylation is 1. The van der Waals surface area contributed by atoms with Gasteiger partial charge in [0.05, 0.1) is 0 Å². The molecule has 1 nitrogen and oxygen atoms in total. The summed E-state index contributed by atoms with van der Waals surface area (Å²) in [5, 5.41) is 3.59. The second-order valence-electron chi connectivity index (χ2n) is 4.23. The minimum Gasteiger partial charge on any atom is -0.310 e. The van der Waals surface area contributed by atoms with Gasteiger partial charge in [-0.15, -0.1) is 0 Å². The molecule has 0 spiro atoms. The molecule has 90 valence electrons. The predicted molar refractivity (Wildman–Crippen MR) is 75.2 cm³/mol. The molecule has 2 heteroatoms. The Labute approximate surface area is 104 Å². The molecule has 16 heavy (non-hydrogen) atoms. The quantitative estimate of drug-likeness (QED) is 0.724. The minimum atomic E-state index is 0.468. The molecule has 1 rings (SSSR count). The number of hydrogen-bond acceptors (Lipinski definition) is 2. The fourth-order valence-corrected chi connectivity index (χ4v) is 2.37.